The van der Waals surface area contributed by atoms with Crippen molar-refractivity contribution in [2.75, 3.05) is 11.9 Å². The Morgan fingerprint density at radius 2 is 1.70 bits per heavy atom. The number of carbonyl (C=O) groups is 1. The maximum absolute atomic E-state index is 12.6. The normalized spacial score (nSPS) is 10.4. The van der Waals surface area contributed by atoms with Crippen LogP contribution in [0, 0.1) is 17.4 Å². The van der Waals surface area contributed by atoms with Crippen LogP contribution in [-0.4, -0.2) is 13.0 Å². The van der Waals surface area contributed by atoms with E-state index in [2.05, 4.69) is 28.7 Å². The summed E-state index contributed by atoms with van der Waals surface area (Å²) in [5, 5.41) is 0.572. The zero-order valence-corrected chi connectivity index (χ0v) is 14.5. The summed E-state index contributed by atoms with van der Waals surface area (Å²) in [5.74, 6) is -0.0538. The van der Waals surface area contributed by atoms with Gasteiger partial charge < -0.3 is 4.90 Å². The van der Waals surface area contributed by atoms with Gasteiger partial charge in [0.15, 0.2) is 0 Å². The Balaban J connectivity index is 2.39. The van der Waals surface area contributed by atoms with Crippen LogP contribution in [0.25, 0.3) is 0 Å². The van der Waals surface area contributed by atoms with Gasteiger partial charge in [-0.2, -0.15) is 0 Å². The van der Waals surface area contributed by atoms with E-state index in [9.17, 15) is 4.79 Å². The molecule has 0 bridgehead atoms. The molecule has 0 aliphatic rings. The Labute approximate surface area is 137 Å². The van der Waals surface area contributed by atoms with Crippen LogP contribution < -0.4 is 4.90 Å². The molecule has 0 aliphatic carbocycles. The van der Waals surface area contributed by atoms with Gasteiger partial charge in [-0.1, -0.05) is 17.7 Å². The van der Waals surface area contributed by atoms with Gasteiger partial charge in [0.1, 0.15) is 0 Å². The Kier molecular flexibility index (Phi) is 4.70. The van der Waals surface area contributed by atoms with Crippen molar-refractivity contribution in [1.82, 2.24) is 0 Å². The average molecular weight is 400 g/mol. The van der Waals surface area contributed by atoms with E-state index >= 15 is 0 Å². The maximum Gasteiger partial charge on any atom is 0.259 e. The second kappa shape index (κ2) is 6.14. The van der Waals surface area contributed by atoms with Crippen LogP contribution in [0.1, 0.15) is 21.5 Å². The second-order valence-electron chi connectivity index (χ2n) is 4.83. The van der Waals surface area contributed by atoms with Gasteiger partial charge in [-0.05, 0) is 77.9 Å². The van der Waals surface area contributed by atoms with Crippen LogP contribution in [0.15, 0.2) is 36.4 Å². The van der Waals surface area contributed by atoms with Gasteiger partial charge in [-0.15, -0.1) is 0 Å². The van der Waals surface area contributed by atoms with E-state index in [4.69, 9.17) is 11.6 Å². The number of hydrogen-bond donors (Lipinski definition) is 0. The van der Waals surface area contributed by atoms with Gasteiger partial charge in [0, 0.05) is 21.3 Å². The summed E-state index contributed by atoms with van der Waals surface area (Å²) in [7, 11) is 1.79. The Hall–Kier alpha value is -1.07. The lowest BCUT2D eigenvalue weighted by Crippen LogP contribution is -2.27. The lowest BCUT2D eigenvalue weighted by Gasteiger charge is -2.19. The van der Waals surface area contributed by atoms with Crippen molar-refractivity contribution in [3.8, 4) is 0 Å². The van der Waals surface area contributed by atoms with Crippen LogP contribution in [-0.2, 0) is 0 Å². The molecule has 104 valence electrons. The average Bonchev–Trinajstić information content (AvgIpc) is 2.38. The third-order valence-corrected chi connectivity index (χ3v) is 4.23. The molecule has 0 saturated carbocycles. The number of aryl methyl sites for hydroxylation is 2. The van der Waals surface area contributed by atoms with Gasteiger partial charge >= 0.3 is 0 Å². The highest BCUT2D eigenvalue weighted by Gasteiger charge is 2.17. The molecule has 1 amide bonds. The summed E-state index contributed by atoms with van der Waals surface area (Å²) in [5.41, 5.74) is 3.80. The molecule has 0 heterocycles. The molecular formula is C16H15ClINO. The monoisotopic (exact) mass is 399 g/mol. The lowest BCUT2D eigenvalue weighted by molar-refractivity contribution is 0.0992. The van der Waals surface area contributed by atoms with Gasteiger partial charge in [0.05, 0.1) is 5.56 Å². The highest BCUT2D eigenvalue weighted by Crippen LogP contribution is 2.23. The van der Waals surface area contributed by atoms with Gasteiger partial charge in [0.2, 0.25) is 0 Å². The number of amides is 1. The van der Waals surface area contributed by atoms with Crippen LogP contribution in [0.5, 0.6) is 0 Å². The first kappa shape index (κ1) is 15.3. The molecule has 4 heteroatoms. The number of nitrogens with zero attached hydrogens (tertiary/aromatic N) is 1. The van der Waals surface area contributed by atoms with Crippen LogP contribution in [0.2, 0.25) is 5.02 Å². The SMILES string of the molecule is Cc1cc(C)cc(N(C)C(=O)c2cc(Cl)ccc2I)c1. The number of carbonyl (C=O) groups excluding carboxylic acids is 1. The first-order chi connectivity index (χ1) is 9.38. The molecule has 0 N–H and O–H groups in total. The third kappa shape index (κ3) is 3.33. The van der Waals surface area contributed by atoms with Gasteiger partial charge in [0.25, 0.3) is 5.91 Å². The molecule has 2 rings (SSSR count). The van der Waals surface area contributed by atoms with Crippen LogP contribution in [0.3, 0.4) is 0 Å². The fraction of sp³-hybridized carbons (Fsp3) is 0.188. The molecule has 20 heavy (non-hydrogen) atoms. The molecule has 0 atom stereocenters. The van der Waals surface area contributed by atoms with Crippen LogP contribution in [0.4, 0.5) is 5.69 Å². The summed E-state index contributed by atoms with van der Waals surface area (Å²) in [6, 6.07) is 11.4. The quantitative estimate of drug-likeness (QED) is 0.662. The van der Waals surface area contributed by atoms with E-state index in [1.54, 1.807) is 24.1 Å². The van der Waals surface area contributed by atoms with Gasteiger partial charge in [-0.25, -0.2) is 0 Å². The zero-order valence-electron chi connectivity index (χ0n) is 11.6. The molecule has 0 aliphatic heterocycles. The van der Waals surface area contributed by atoms with Crippen molar-refractivity contribution in [3.63, 3.8) is 0 Å². The fourth-order valence-electron chi connectivity index (χ4n) is 2.10. The molecule has 0 unspecified atom stereocenters. The number of benzene rings is 2. The van der Waals surface area contributed by atoms with Crippen molar-refractivity contribution < 1.29 is 4.79 Å². The predicted octanol–water partition coefficient (Wildman–Crippen LogP) is 4.84. The highest BCUT2D eigenvalue weighted by molar-refractivity contribution is 14.1. The first-order valence-electron chi connectivity index (χ1n) is 6.20. The molecule has 2 aromatic rings. The summed E-state index contributed by atoms with van der Waals surface area (Å²) in [6.07, 6.45) is 0. The van der Waals surface area contributed by atoms with Crippen molar-refractivity contribution in [3.05, 3.63) is 61.7 Å². The number of rotatable bonds is 2. The third-order valence-electron chi connectivity index (χ3n) is 3.06. The lowest BCUT2D eigenvalue weighted by atomic mass is 10.1. The minimum atomic E-state index is -0.0538. The number of halogens is 2. The number of anilines is 1. The highest BCUT2D eigenvalue weighted by atomic mass is 127. The fourth-order valence-corrected chi connectivity index (χ4v) is 2.84. The predicted molar refractivity (Wildman–Crippen MR) is 92.8 cm³/mol. The Bertz CT molecular complexity index is 649. The molecule has 0 fully saturated rings. The summed E-state index contributed by atoms with van der Waals surface area (Å²) in [6.45, 7) is 4.05. The van der Waals surface area contributed by atoms with E-state index in [0.29, 0.717) is 10.6 Å². The Morgan fingerprint density at radius 1 is 1.10 bits per heavy atom. The number of hydrogen-bond acceptors (Lipinski definition) is 1. The summed E-state index contributed by atoms with van der Waals surface area (Å²) < 4.78 is 0.897. The standard InChI is InChI=1S/C16H15ClINO/c1-10-6-11(2)8-13(7-10)19(3)16(20)14-9-12(17)4-5-15(14)18/h4-9H,1-3H3. The molecule has 0 saturated heterocycles. The van der Waals surface area contributed by atoms with E-state index in [1.807, 2.05) is 32.0 Å². The van der Waals surface area contributed by atoms with E-state index < -0.39 is 0 Å². The smallest absolute Gasteiger partial charge is 0.259 e. The molecule has 0 spiro atoms. The van der Waals surface area contributed by atoms with E-state index in [1.165, 1.54) is 0 Å². The van der Waals surface area contributed by atoms with Crippen LogP contribution >= 0.6 is 34.2 Å². The maximum atomic E-state index is 12.6. The molecular weight excluding hydrogens is 385 g/mol. The molecule has 0 radical (unpaired) electrons. The van der Waals surface area contributed by atoms with Gasteiger partial charge in [-0.3, -0.25) is 4.79 Å². The summed E-state index contributed by atoms with van der Waals surface area (Å²) >= 11 is 8.14. The van der Waals surface area contributed by atoms with E-state index in [-0.39, 0.29) is 5.91 Å². The Morgan fingerprint density at radius 3 is 2.30 bits per heavy atom. The molecule has 0 aromatic heterocycles. The molecule has 2 aromatic carbocycles. The van der Waals surface area contributed by atoms with Crippen molar-refractivity contribution in [2.45, 2.75) is 13.8 Å². The first-order valence-corrected chi connectivity index (χ1v) is 7.65. The topological polar surface area (TPSA) is 20.3 Å². The van der Waals surface area contributed by atoms with Crippen molar-refractivity contribution >= 4 is 45.8 Å². The minimum absolute atomic E-state index is 0.0538. The van der Waals surface area contributed by atoms with E-state index in [0.717, 1.165) is 20.4 Å². The minimum Gasteiger partial charge on any atom is -0.311 e. The zero-order chi connectivity index (χ0) is 14.9. The summed E-state index contributed by atoms with van der Waals surface area (Å²) in [4.78, 5) is 14.3. The van der Waals surface area contributed by atoms with Crippen molar-refractivity contribution in [2.24, 2.45) is 0 Å². The second-order valence-corrected chi connectivity index (χ2v) is 6.43. The molecule has 2 nitrogen and oxygen atoms in total. The largest absolute Gasteiger partial charge is 0.311 e. The van der Waals surface area contributed by atoms with Crippen molar-refractivity contribution in [1.29, 1.82) is 0 Å².